The van der Waals surface area contributed by atoms with E-state index in [0.29, 0.717) is 5.56 Å². The Labute approximate surface area is 156 Å². The molecule has 3 aromatic rings. The van der Waals surface area contributed by atoms with Crippen LogP contribution in [0.25, 0.3) is 0 Å². The number of amides is 1. The highest BCUT2D eigenvalue weighted by Gasteiger charge is 2.30. The summed E-state index contributed by atoms with van der Waals surface area (Å²) in [7, 11) is 0. The molecule has 1 N–H and O–H groups in total. The highest BCUT2D eigenvalue weighted by Crippen LogP contribution is 2.30. The lowest BCUT2D eigenvalue weighted by Crippen LogP contribution is -2.13. The molecule has 0 saturated carbocycles. The van der Waals surface area contributed by atoms with Crippen LogP contribution in [0.4, 0.5) is 18.9 Å². The van der Waals surface area contributed by atoms with Crippen LogP contribution in [0.5, 0.6) is 0 Å². The number of hydrogen-bond donors (Lipinski definition) is 1. The minimum atomic E-state index is -4.45. The molecule has 0 radical (unpaired) electrons. The SMILES string of the molecule is O=C(Nc1cccc(C(F)(F)F)c1)c1ccc(SCc2cscn2)cc1. The van der Waals surface area contributed by atoms with Crippen LogP contribution in [-0.2, 0) is 11.9 Å². The lowest BCUT2D eigenvalue weighted by atomic mass is 10.1. The van der Waals surface area contributed by atoms with Gasteiger partial charge in [0.2, 0.25) is 0 Å². The van der Waals surface area contributed by atoms with Gasteiger partial charge < -0.3 is 5.32 Å². The van der Waals surface area contributed by atoms with Gasteiger partial charge >= 0.3 is 6.18 Å². The van der Waals surface area contributed by atoms with Gasteiger partial charge in [-0.25, -0.2) is 4.98 Å². The highest BCUT2D eigenvalue weighted by molar-refractivity contribution is 7.98. The van der Waals surface area contributed by atoms with Crippen molar-refractivity contribution in [2.24, 2.45) is 0 Å². The number of carbonyl (C=O) groups is 1. The molecule has 0 unspecified atom stereocenters. The van der Waals surface area contributed by atoms with Crippen LogP contribution in [0.15, 0.2) is 64.3 Å². The molecule has 26 heavy (non-hydrogen) atoms. The average Bonchev–Trinajstić information content (AvgIpc) is 3.13. The number of nitrogens with one attached hydrogen (secondary N) is 1. The molecule has 0 fully saturated rings. The molecule has 8 heteroatoms. The summed E-state index contributed by atoms with van der Waals surface area (Å²) in [5, 5.41) is 4.47. The van der Waals surface area contributed by atoms with E-state index in [1.54, 1.807) is 41.5 Å². The number of carbonyl (C=O) groups excluding carboxylic acids is 1. The second-order valence-corrected chi connectivity index (χ2v) is 7.09. The Hall–Kier alpha value is -2.32. The maximum atomic E-state index is 12.7. The molecule has 0 saturated heterocycles. The van der Waals surface area contributed by atoms with E-state index >= 15 is 0 Å². The Kier molecular flexibility index (Phi) is 5.63. The normalized spacial score (nSPS) is 11.3. The molecule has 0 spiro atoms. The molecule has 1 heterocycles. The van der Waals surface area contributed by atoms with Crippen molar-refractivity contribution in [1.82, 2.24) is 4.98 Å². The van der Waals surface area contributed by atoms with Crippen LogP contribution in [0.2, 0.25) is 0 Å². The third-order valence-corrected chi connectivity index (χ3v) is 5.12. The molecule has 134 valence electrons. The largest absolute Gasteiger partial charge is 0.416 e. The van der Waals surface area contributed by atoms with Crippen molar-refractivity contribution in [1.29, 1.82) is 0 Å². The summed E-state index contributed by atoms with van der Waals surface area (Å²) < 4.78 is 38.2. The van der Waals surface area contributed by atoms with Gasteiger partial charge in [0, 0.05) is 27.3 Å². The minimum absolute atomic E-state index is 0.104. The molecule has 0 aliphatic rings. The standard InChI is InChI=1S/C18H13F3N2OS2/c19-18(20,21)13-2-1-3-14(8-13)23-17(24)12-4-6-16(7-5-12)26-10-15-9-25-11-22-15/h1-9,11H,10H2,(H,23,24). The average molecular weight is 394 g/mol. The topological polar surface area (TPSA) is 42.0 Å². The smallest absolute Gasteiger partial charge is 0.322 e. The summed E-state index contributed by atoms with van der Waals surface area (Å²) in [4.78, 5) is 17.4. The zero-order valence-corrected chi connectivity index (χ0v) is 14.9. The van der Waals surface area contributed by atoms with E-state index in [9.17, 15) is 18.0 Å². The number of hydrogen-bond acceptors (Lipinski definition) is 4. The quantitative estimate of drug-likeness (QED) is 0.564. The molecular weight excluding hydrogens is 381 g/mol. The van der Waals surface area contributed by atoms with Gasteiger partial charge in [0.15, 0.2) is 0 Å². The van der Waals surface area contributed by atoms with Crippen molar-refractivity contribution < 1.29 is 18.0 Å². The number of aromatic nitrogens is 1. The Bertz CT molecular complexity index is 878. The molecule has 3 nitrogen and oxygen atoms in total. The zero-order chi connectivity index (χ0) is 18.6. The maximum absolute atomic E-state index is 12.7. The molecule has 1 aromatic heterocycles. The van der Waals surface area contributed by atoms with E-state index in [2.05, 4.69) is 10.3 Å². The van der Waals surface area contributed by atoms with Crippen molar-refractivity contribution >= 4 is 34.7 Å². The minimum Gasteiger partial charge on any atom is -0.322 e. The van der Waals surface area contributed by atoms with E-state index in [-0.39, 0.29) is 5.69 Å². The molecule has 0 aliphatic heterocycles. The first-order valence-electron chi connectivity index (χ1n) is 7.50. The first-order valence-corrected chi connectivity index (χ1v) is 9.43. The fraction of sp³-hybridized carbons (Fsp3) is 0.111. The first-order chi connectivity index (χ1) is 12.4. The Balaban J connectivity index is 1.63. The Morgan fingerprint density at radius 1 is 1.15 bits per heavy atom. The van der Waals surface area contributed by atoms with E-state index in [1.165, 1.54) is 23.5 Å². The lowest BCUT2D eigenvalue weighted by Gasteiger charge is -2.10. The molecule has 2 aromatic carbocycles. The van der Waals surface area contributed by atoms with Crippen molar-refractivity contribution in [3.8, 4) is 0 Å². The number of alkyl halides is 3. The summed E-state index contributed by atoms with van der Waals surface area (Å²) in [6, 6.07) is 11.5. The van der Waals surface area contributed by atoms with Gasteiger partial charge in [-0.1, -0.05) is 6.07 Å². The van der Waals surface area contributed by atoms with E-state index in [0.717, 1.165) is 28.5 Å². The number of benzene rings is 2. The number of nitrogens with zero attached hydrogens (tertiary/aromatic N) is 1. The van der Waals surface area contributed by atoms with Crippen molar-refractivity contribution in [3.63, 3.8) is 0 Å². The monoisotopic (exact) mass is 394 g/mol. The molecule has 0 bridgehead atoms. The molecule has 1 amide bonds. The van der Waals surface area contributed by atoms with Gasteiger partial charge in [0.05, 0.1) is 16.8 Å². The van der Waals surface area contributed by atoms with E-state index < -0.39 is 17.6 Å². The second kappa shape index (κ2) is 7.92. The number of anilines is 1. The van der Waals surface area contributed by atoms with Gasteiger partial charge in [-0.15, -0.1) is 23.1 Å². The molecule has 3 rings (SSSR count). The third kappa shape index (κ3) is 4.86. The maximum Gasteiger partial charge on any atom is 0.416 e. The zero-order valence-electron chi connectivity index (χ0n) is 13.3. The van der Waals surface area contributed by atoms with Crippen molar-refractivity contribution in [3.05, 3.63) is 76.2 Å². The fourth-order valence-corrected chi connectivity index (χ4v) is 3.61. The van der Waals surface area contributed by atoms with Gasteiger partial charge in [0.25, 0.3) is 5.91 Å². The first kappa shape index (κ1) is 18.5. The summed E-state index contributed by atoms with van der Waals surface area (Å²) in [6.45, 7) is 0. The van der Waals surface area contributed by atoms with E-state index in [1.807, 2.05) is 5.38 Å². The number of thiazole rings is 1. The fourth-order valence-electron chi connectivity index (χ4n) is 2.15. The van der Waals surface area contributed by atoms with Crippen molar-refractivity contribution in [2.75, 3.05) is 5.32 Å². The number of rotatable bonds is 5. The van der Waals surface area contributed by atoms with E-state index in [4.69, 9.17) is 0 Å². The van der Waals surface area contributed by atoms with Crippen LogP contribution >= 0.6 is 23.1 Å². The number of thioether (sulfide) groups is 1. The van der Waals surface area contributed by atoms with Crippen LogP contribution in [0.3, 0.4) is 0 Å². The predicted octanol–water partition coefficient (Wildman–Crippen LogP) is 5.71. The summed E-state index contributed by atoms with van der Waals surface area (Å²) >= 11 is 3.13. The second-order valence-electron chi connectivity index (χ2n) is 5.33. The summed E-state index contributed by atoms with van der Waals surface area (Å²) in [5.74, 6) is 0.277. The highest BCUT2D eigenvalue weighted by atomic mass is 32.2. The van der Waals surface area contributed by atoms with Gasteiger partial charge in [-0.05, 0) is 42.5 Å². The summed E-state index contributed by atoms with van der Waals surface area (Å²) in [6.07, 6.45) is -4.45. The van der Waals surface area contributed by atoms with Gasteiger partial charge in [-0.3, -0.25) is 4.79 Å². The summed E-state index contributed by atoms with van der Waals surface area (Å²) in [5.41, 5.74) is 2.44. The van der Waals surface area contributed by atoms with Crippen LogP contribution < -0.4 is 5.32 Å². The molecular formula is C18H13F3N2OS2. The predicted molar refractivity (Wildman–Crippen MR) is 97.5 cm³/mol. The van der Waals surface area contributed by atoms with Crippen LogP contribution in [0, 0.1) is 0 Å². The molecule has 0 aliphatic carbocycles. The third-order valence-electron chi connectivity index (χ3n) is 3.43. The Morgan fingerprint density at radius 2 is 1.92 bits per heavy atom. The molecule has 0 atom stereocenters. The van der Waals surface area contributed by atoms with Crippen LogP contribution in [0.1, 0.15) is 21.6 Å². The van der Waals surface area contributed by atoms with Crippen molar-refractivity contribution in [2.45, 2.75) is 16.8 Å². The van der Waals surface area contributed by atoms with Crippen LogP contribution in [-0.4, -0.2) is 10.9 Å². The Morgan fingerprint density at radius 3 is 2.58 bits per heavy atom. The lowest BCUT2D eigenvalue weighted by molar-refractivity contribution is -0.137. The van der Waals surface area contributed by atoms with Gasteiger partial charge in [-0.2, -0.15) is 13.2 Å². The van der Waals surface area contributed by atoms with Gasteiger partial charge in [0.1, 0.15) is 0 Å². The number of halogens is 3.